The number of guanidine groups is 1. The number of benzene rings is 1. The molecule has 0 aliphatic heterocycles. The van der Waals surface area contributed by atoms with Gasteiger partial charge in [0.1, 0.15) is 22.6 Å². The number of aliphatic imine (C=N–C) groups is 1. The molecule has 0 radical (unpaired) electrons. The summed E-state index contributed by atoms with van der Waals surface area (Å²) in [5, 5.41) is 9.72. The molecule has 1 aromatic heterocycles. The summed E-state index contributed by atoms with van der Waals surface area (Å²) < 4.78 is 11.2. The van der Waals surface area contributed by atoms with Gasteiger partial charge in [-0.05, 0) is 31.9 Å². The van der Waals surface area contributed by atoms with Gasteiger partial charge in [-0.3, -0.25) is 0 Å². The third-order valence-electron chi connectivity index (χ3n) is 3.81. The van der Waals surface area contributed by atoms with Gasteiger partial charge in [0.15, 0.2) is 5.96 Å². The van der Waals surface area contributed by atoms with Gasteiger partial charge in [-0.15, -0.1) is 11.3 Å². The molecule has 7 heteroatoms. The zero-order valence-corrected chi connectivity index (χ0v) is 17.6. The number of ether oxygens (including phenoxy) is 2. The molecule has 148 valence electrons. The Morgan fingerprint density at radius 3 is 2.67 bits per heavy atom. The molecule has 1 heterocycles. The maximum Gasteiger partial charge on any atom is 0.191 e. The fraction of sp³-hybridized carbons (Fsp3) is 0.500. The molecule has 0 spiro atoms. The Hall–Kier alpha value is -2.28. The van der Waals surface area contributed by atoms with Crippen molar-refractivity contribution in [1.29, 1.82) is 0 Å². The molecule has 0 aliphatic rings. The molecule has 1 atom stereocenters. The van der Waals surface area contributed by atoms with Crippen LogP contribution in [0, 0.1) is 0 Å². The van der Waals surface area contributed by atoms with Gasteiger partial charge < -0.3 is 20.1 Å². The third kappa shape index (κ3) is 7.09. The Balaban J connectivity index is 1.88. The number of nitrogens with zero attached hydrogens (tertiary/aromatic N) is 2. The average Bonchev–Trinajstić information content (AvgIpc) is 3.13. The number of rotatable bonds is 9. The quantitative estimate of drug-likeness (QED) is 0.504. The highest BCUT2D eigenvalue weighted by atomic mass is 32.1. The standard InChI is InChI=1S/C20H30N4O2S/c1-6-21-20(23-12-19-24-18(13-27-19)14(2)3)22-11-15(4)26-17-9-7-8-16(10-17)25-5/h7-10,13-15H,6,11-12H2,1-5H3,(H2,21,22,23). The lowest BCUT2D eigenvalue weighted by molar-refractivity contribution is 0.223. The molecule has 0 amide bonds. The summed E-state index contributed by atoms with van der Waals surface area (Å²) >= 11 is 1.66. The largest absolute Gasteiger partial charge is 0.497 e. The van der Waals surface area contributed by atoms with E-state index in [9.17, 15) is 0 Å². The van der Waals surface area contributed by atoms with Crippen molar-refractivity contribution in [3.05, 3.63) is 40.3 Å². The van der Waals surface area contributed by atoms with E-state index >= 15 is 0 Å². The second-order valence-corrected chi connectivity index (χ2v) is 7.45. The lowest BCUT2D eigenvalue weighted by atomic mass is 10.2. The summed E-state index contributed by atoms with van der Waals surface area (Å²) in [6.07, 6.45) is -0.0200. The van der Waals surface area contributed by atoms with Crippen molar-refractivity contribution in [2.75, 3.05) is 20.2 Å². The highest BCUT2D eigenvalue weighted by Gasteiger charge is 2.08. The van der Waals surface area contributed by atoms with E-state index in [1.807, 2.05) is 38.1 Å². The number of hydrogen-bond donors (Lipinski definition) is 2. The van der Waals surface area contributed by atoms with Crippen molar-refractivity contribution in [3.63, 3.8) is 0 Å². The maximum absolute atomic E-state index is 5.94. The van der Waals surface area contributed by atoms with Crippen molar-refractivity contribution in [2.45, 2.75) is 46.3 Å². The Labute approximate surface area is 166 Å². The third-order valence-corrected chi connectivity index (χ3v) is 4.66. The van der Waals surface area contributed by atoms with Crippen LogP contribution in [0.25, 0.3) is 0 Å². The number of thiazole rings is 1. The summed E-state index contributed by atoms with van der Waals surface area (Å²) in [5.74, 6) is 2.78. The molecule has 27 heavy (non-hydrogen) atoms. The van der Waals surface area contributed by atoms with Crippen molar-refractivity contribution in [2.24, 2.45) is 4.99 Å². The van der Waals surface area contributed by atoms with Gasteiger partial charge in [0, 0.05) is 18.0 Å². The van der Waals surface area contributed by atoms with Gasteiger partial charge in [0.2, 0.25) is 0 Å². The first-order valence-corrected chi connectivity index (χ1v) is 10.2. The minimum atomic E-state index is -0.0200. The van der Waals surface area contributed by atoms with Crippen molar-refractivity contribution < 1.29 is 9.47 Å². The zero-order valence-electron chi connectivity index (χ0n) is 16.8. The van der Waals surface area contributed by atoms with Gasteiger partial charge >= 0.3 is 0 Å². The minimum absolute atomic E-state index is 0.0200. The first-order valence-electron chi connectivity index (χ1n) is 9.29. The van der Waals surface area contributed by atoms with Crippen molar-refractivity contribution in [3.8, 4) is 11.5 Å². The second kappa shape index (κ2) is 10.8. The summed E-state index contributed by atoms with van der Waals surface area (Å²) in [4.78, 5) is 9.26. The van der Waals surface area contributed by atoms with Crippen LogP contribution < -0.4 is 20.1 Å². The fourth-order valence-electron chi connectivity index (χ4n) is 2.34. The molecule has 0 saturated heterocycles. The predicted octanol–water partition coefficient (Wildman–Crippen LogP) is 3.80. The average molecular weight is 391 g/mol. The number of methoxy groups -OCH3 is 1. The zero-order chi connectivity index (χ0) is 19.6. The Kier molecular flexibility index (Phi) is 8.39. The SMILES string of the molecule is CCNC(=NCc1nc(C(C)C)cs1)NCC(C)Oc1cccc(OC)c1. The summed E-state index contributed by atoms with van der Waals surface area (Å²) in [5.41, 5.74) is 1.13. The van der Waals surface area contributed by atoms with Gasteiger partial charge in [-0.25, -0.2) is 9.98 Å². The first kappa shape index (κ1) is 21.0. The summed E-state index contributed by atoms with van der Waals surface area (Å²) in [6.45, 7) is 10.4. The highest BCUT2D eigenvalue weighted by Crippen LogP contribution is 2.20. The van der Waals surface area contributed by atoms with Crippen molar-refractivity contribution >= 4 is 17.3 Å². The van der Waals surface area contributed by atoms with Crippen LogP contribution in [0.15, 0.2) is 34.6 Å². The van der Waals surface area contributed by atoms with Crippen LogP contribution in [0.4, 0.5) is 0 Å². The molecule has 6 nitrogen and oxygen atoms in total. The molecular formula is C20H30N4O2S. The van der Waals surface area contributed by atoms with Gasteiger partial charge in [-0.1, -0.05) is 19.9 Å². The van der Waals surface area contributed by atoms with Crippen LogP contribution in [0.5, 0.6) is 11.5 Å². The molecule has 2 N–H and O–H groups in total. The van der Waals surface area contributed by atoms with Gasteiger partial charge in [0.25, 0.3) is 0 Å². The molecule has 0 bridgehead atoms. The fourth-order valence-corrected chi connectivity index (χ4v) is 3.22. The van der Waals surface area contributed by atoms with E-state index in [0.29, 0.717) is 19.0 Å². The normalized spacial score (nSPS) is 12.7. The monoisotopic (exact) mass is 390 g/mol. The van der Waals surface area contributed by atoms with E-state index in [0.717, 1.165) is 34.7 Å². The highest BCUT2D eigenvalue weighted by molar-refractivity contribution is 7.09. The summed E-state index contributed by atoms with van der Waals surface area (Å²) in [7, 11) is 1.65. The molecule has 0 fully saturated rings. The molecule has 0 aliphatic carbocycles. The van der Waals surface area contributed by atoms with Crippen LogP contribution in [0.3, 0.4) is 0 Å². The number of nitrogens with one attached hydrogen (secondary N) is 2. The topological polar surface area (TPSA) is 67.8 Å². The van der Waals surface area contributed by atoms with Crippen LogP contribution in [0.1, 0.15) is 44.3 Å². The van der Waals surface area contributed by atoms with Crippen LogP contribution in [0.2, 0.25) is 0 Å². The molecule has 2 aromatic rings. The molecule has 2 rings (SSSR count). The van der Waals surface area contributed by atoms with E-state index in [4.69, 9.17) is 9.47 Å². The predicted molar refractivity (Wildman–Crippen MR) is 112 cm³/mol. The summed E-state index contributed by atoms with van der Waals surface area (Å²) in [6, 6.07) is 7.62. The number of hydrogen-bond acceptors (Lipinski definition) is 5. The smallest absolute Gasteiger partial charge is 0.191 e. The lowest BCUT2D eigenvalue weighted by Gasteiger charge is -2.18. The van der Waals surface area contributed by atoms with E-state index in [1.165, 1.54) is 0 Å². The molecular weight excluding hydrogens is 360 g/mol. The van der Waals surface area contributed by atoms with Gasteiger partial charge in [-0.2, -0.15) is 0 Å². The number of aromatic nitrogens is 1. The maximum atomic E-state index is 5.94. The van der Waals surface area contributed by atoms with E-state index in [2.05, 4.69) is 39.8 Å². The van der Waals surface area contributed by atoms with Crippen LogP contribution >= 0.6 is 11.3 Å². The first-order chi connectivity index (χ1) is 13.0. The van der Waals surface area contributed by atoms with E-state index in [-0.39, 0.29) is 6.10 Å². The Morgan fingerprint density at radius 2 is 2.00 bits per heavy atom. The van der Waals surface area contributed by atoms with Crippen LogP contribution in [-0.2, 0) is 6.54 Å². The van der Waals surface area contributed by atoms with Crippen molar-refractivity contribution in [1.82, 2.24) is 15.6 Å². The Bertz CT molecular complexity index is 730. The van der Waals surface area contributed by atoms with E-state index in [1.54, 1.807) is 18.4 Å². The van der Waals surface area contributed by atoms with Crippen LogP contribution in [-0.4, -0.2) is 37.2 Å². The molecule has 1 unspecified atom stereocenters. The van der Waals surface area contributed by atoms with E-state index < -0.39 is 0 Å². The molecule has 0 saturated carbocycles. The Morgan fingerprint density at radius 1 is 1.22 bits per heavy atom. The molecule has 1 aromatic carbocycles. The minimum Gasteiger partial charge on any atom is -0.497 e. The van der Waals surface area contributed by atoms with Gasteiger partial charge in [0.05, 0.1) is 25.9 Å². The lowest BCUT2D eigenvalue weighted by Crippen LogP contribution is -2.41. The second-order valence-electron chi connectivity index (χ2n) is 6.50.